The highest BCUT2D eigenvalue weighted by Gasteiger charge is 2.52. The van der Waals surface area contributed by atoms with Gasteiger partial charge < -0.3 is 29.5 Å². The molecule has 0 radical (unpaired) electrons. The number of anilines is 1. The van der Waals surface area contributed by atoms with Crippen molar-refractivity contribution in [1.82, 2.24) is 9.47 Å². The molecular formula is C38H39N3O7. The number of nitrogens with zero attached hydrogens (tertiary/aromatic N) is 3. The molecule has 3 atom stereocenters. The second kappa shape index (κ2) is 13.5. The van der Waals surface area contributed by atoms with Crippen LogP contribution in [0.1, 0.15) is 35.6 Å². The molecule has 0 saturated carbocycles. The molecule has 0 unspecified atom stereocenters. The number of fused-ring (bicyclic) bond motifs is 2. The number of pyridine rings is 1. The van der Waals surface area contributed by atoms with Crippen molar-refractivity contribution in [2.24, 2.45) is 5.92 Å². The first-order chi connectivity index (χ1) is 23.2. The minimum Gasteiger partial charge on any atom is -0.497 e. The topological polar surface area (TPSA) is 122 Å². The van der Waals surface area contributed by atoms with E-state index in [4.69, 9.17) is 9.47 Å². The maximum absolute atomic E-state index is 14.2. The van der Waals surface area contributed by atoms with Gasteiger partial charge in [-0.2, -0.15) is 0 Å². The molecule has 0 fully saturated rings. The average molecular weight is 650 g/mol. The van der Waals surface area contributed by atoms with Crippen LogP contribution in [0.2, 0.25) is 0 Å². The van der Waals surface area contributed by atoms with Crippen LogP contribution in [-0.2, 0) is 34.7 Å². The second-order valence-electron chi connectivity index (χ2n) is 12.2. The lowest BCUT2D eigenvalue weighted by Crippen LogP contribution is -2.46. The molecule has 10 nitrogen and oxygen atoms in total. The Hall–Kier alpha value is -5.19. The number of carbonyl (C=O) groups excluding carboxylic acids is 2. The van der Waals surface area contributed by atoms with Crippen LogP contribution in [0.25, 0.3) is 5.69 Å². The standard InChI is InChI=1S/C38H39N3O7/c1-25(9-6-15-35(43)40-23-28-12-5-4-11-27(28)20-30(40)24-42)38(46)32-21-31(47-2)16-17-33(32)41(37(38)45)22-26-10-7-13-29(19-26)39-18-8-14-34(48-3)36(39)44/h4-14,16-19,21,25,30,42,46H,15,20,22-24H2,1-3H3/b9-6+/t25-,30-,38+/m0/s1. The van der Waals surface area contributed by atoms with Gasteiger partial charge in [0.05, 0.1) is 39.1 Å². The van der Waals surface area contributed by atoms with Crippen molar-refractivity contribution < 1.29 is 29.3 Å². The first kappa shape index (κ1) is 32.7. The normalized spacial score (nSPS) is 19.3. The minimum absolute atomic E-state index is 0.0540. The van der Waals surface area contributed by atoms with E-state index in [1.807, 2.05) is 42.5 Å². The van der Waals surface area contributed by atoms with E-state index in [2.05, 4.69) is 0 Å². The zero-order chi connectivity index (χ0) is 34.0. The maximum atomic E-state index is 14.2. The number of methoxy groups -OCH3 is 2. The Morgan fingerprint density at radius 3 is 2.54 bits per heavy atom. The Bertz CT molecular complexity index is 1940. The van der Waals surface area contributed by atoms with Crippen molar-refractivity contribution in [1.29, 1.82) is 0 Å². The van der Waals surface area contributed by atoms with Crippen molar-refractivity contribution in [2.45, 2.75) is 44.5 Å². The molecule has 3 heterocycles. The highest BCUT2D eigenvalue weighted by atomic mass is 16.5. The van der Waals surface area contributed by atoms with Crippen LogP contribution in [0.4, 0.5) is 5.69 Å². The lowest BCUT2D eigenvalue weighted by atomic mass is 9.82. The molecular weight excluding hydrogens is 610 g/mol. The van der Waals surface area contributed by atoms with Crippen molar-refractivity contribution in [3.63, 3.8) is 0 Å². The fourth-order valence-electron chi connectivity index (χ4n) is 6.70. The summed E-state index contributed by atoms with van der Waals surface area (Å²) >= 11 is 0. The summed E-state index contributed by atoms with van der Waals surface area (Å²) < 4.78 is 12.1. The molecule has 10 heteroatoms. The van der Waals surface area contributed by atoms with Crippen LogP contribution in [0.3, 0.4) is 0 Å². The molecule has 2 aliphatic rings. The SMILES string of the molecule is COc1ccc2c(c1)[C@](O)([C@@H](C)/C=C/CC(=O)N1Cc3ccccc3C[C@H]1CO)C(=O)N2Cc1cccc(-n2cccc(OC)c2=O)c1. The van der Waals surface area contributed by atoms with Crippen LogP contribution >= 0.6 is 0 Å². The third-order valence-corrected chi connectivity index (χ3v) is 9.40. The average Bonchev–Trinajstić information content (AvgIpc) is 3.32. The Morgan fingerprint density at radius 2 is 1.79 bits per heavy atom. The fraction of sp³-hybridized carbons (Fsp3) is 0.289. The van der Waals surface area contributed by atoms with E-state index in [1.165, 1.54) is 23.7 Å². The molecule has 6 rings (SSSR count). The third kappa shape index (κ3) is 5.89. The fourth-order valence-corrected chi connectivity index (χ4v) is 6.70. The van der Waals surface area contributed by atoms with E-state index in [0.717, 1.165) is 16.7 Å². The molecule has 4 aromatic rings. The van der Waals surface area contributed by atoms with Gasteiger partial charge in [-0.1, -0.05) is 55.5 Å². The van der Waals surface area contributed by atoms with Gasteiger partial charge >= 0.3 is 0 Å². The first-order valence-electron chi connectivity index (χ1n) is 15.9. The van der Waals surface area contributed by atoms with Gasteiger partial charge in [-0.05, 0) is 65.6 Å². The summed E-state index contributed by atoms with van der Waals surface area (Å²) in [5.41, 5.74) is 2.26. The largest absolute Gasteiger partial charge is 0.497 e. The van der Waals surface area contributed by atoms with E-state index in [-0.39, 0.29) is 42.8 Å². The van der Waals surface area contributed by atoms with Gasteiger partial charge in [-0.3, -0.25) is 19.0 Å². The number of benzene rings is 3. The monoisotopic (exact) mass is 649 g/mol. The Morgan fingerprint density at radius 1 is 1.00 bits per heavy atom. The smallest absolute Gasteiger partial charge is 0.297 e. The molecule has 0 saturated heterocycles. The lowest BCUT2D eigenvalue weighted by molar-refractivity contribution is -0.139. The lowest BCUT2D eigenvalue weighted by Gasteiger charge is -2.36. The zero-order valence-corrected chi connectivity index (χ0v) is 27.2. The number of carbonyl (C=O) groups is 2. The number of hydrogen-bond acceptors (Lipinski definition) is 7. The molecule has 0 bridgehead atoms. The molecule has 1 aromatic heterocycles. The van der Waals surface area contributed by atoms with E-state index >= 15 is 0 Å². The first-order valence-corrected chi connectivity index (χ1v) is 15.9. The number of aliphatic hydroxyl groups excluding tert-OH is 1. The minimum atomic E-state index is -1.93. The van der Waals surface area contributed by atoms with E-state index in [0.29, 0.717) is 35.7 Å². The maximum Gasteiger partial charge on any atom is 0.297 e. The van der Waals surface area contributed by atoms with Crippen LogP contribution in [-0.4, -0.2) is 58.4 Å². The van der Waals surface area contributed by atoms with E-state index in [1.54, 1.807) is 66.6 Å². The number of hydrogen-bond donors (Lipinski definition) is 2. The van der Waals surface area contributed by atoms with Gasteiger partial charge in [0.25, 0.3) is 11.5 Å². The Balaban J connectivity index is 1.24. The van der Waals surface area contributed by atoms with Gasteiger partial charge in [0.2, 0.25) is 5.91 Å². The molecule has 2 aliphatic heterocycles. The summed E-state index contributed by atoms with van der Waals surface area (Å²) in [7, 11) is 2.97. The Labute approximate surface area is 279 Å². The number of rotatable bonds is 10. The number of amides is 2. The molecule has 248 valence electrons. The van der Waals surface area contributed by atoms with Crippen molar-refractivity contribution in [3.8, 4) is 17.2 Å². The third-order valence-electron chi connectivity index (χ3n) is 9.40. The van der Waals surface area contributed by atoms with E-state index < -0.39 is 17.4 Å². The highest BCUT2D eigenvalue weighted by molar-refractivity contribution is 6.07. The van der Waals surface area contributed by atoms with Crippen LogP contribution in [0, 0.1) is 5.92 Å². The summed E-state index contributed by atoms with van der Waals surface area (Å²) in [5.74, 6) is -0.649. The zero-order valence-electron chi connectivity index (χ0n) is 27.2. The van der Waals surface area contributed by atoms with Gasteiger partial charge in [-0.25, -0.2) is 0 Å². The molecule has 3 aromatic carbocycles. The number of ether oxygens (including phenoxy) is 2. The Kier molecular flexibility index (Phi) is 9.21. The molecule has 0 spiro atoms. The number of aromatic nitrogens is 1. The van der Waals surface area contributed by atoms with Crippen LogP contribution < -0.4 is 19.9 Å². The predicted molar refractivity (Wildman–Crippen MR) is 181 cm³/mol. The summed E-state index contributed by atoms with van der Waals surface area (Å²) in [6.45, 7) is 2.17. The van der Waals surface area contributed by atoms with Gasteiger partial charge in [0.15, 0.2) is 11.4 Å². The van der Waals surface area contributed by atoms with E-state index in [9.17, 15) is 24.6 Å². The van der Waals surface area contributed by atoms with Gasteiger partial charge in [-0.15, -0.1) is 0 Å². The summed E-state index contributed by atoms with van der Waals surface area (Å²) in [6, 6.07) is 23.4. The van der Waals surface area contributed by atoms with Gasteiger partial charge in [0.1, 0.15) is 5.75 Å². The number of aliphatic hydroxyl groups is 2. The van der Waals surface area contributed by atoms with Crippen molar-refractivity contribution in [2.75, 3.05) is 25.7 Å². The summed E-state index contributed by atoms with van der Waals surface area (Å²) in [4.78, 5) is 43.6. The van der Waals surface area contributed by atoms with Crippen molar-refractivity contribution in [3.05, 3.63) is 130 Å². The summed E-state index contributed by atoms with van der Waals surface area (Å²) in [6.07, 6.45) is 5.67. The predicted octanol–water partition coefficient (Wildman–Crippen LogP) is 4.12. The second-order valence-corrected chi connectivity index (χ2v) is 12.2. The molecule has 0 aliphatic carbocycles. The molecule has 2 amide bonds. The van der Waals surface area contributed by atoms with Crippen LogP contribution in [0.15, 0.2) is 102 Å². The highest BCUT2D eigenvalue weighted by Crippen LogP contribution is 2.47. The quantitative estimate of drug-likeness (QED) is 0.248. The van der Waals surface area contributed by atoms with Gasteiger partial charge in [0, 0.05) is 36.3 Å². The molecule has 48 heavy (non-hydrogen) atoms. The summed E-state index contributed by atoms with van der Waals surface area (Å²) in [5, 5.41) is 22.2. The molecule has 2 N–H and O–H groups in total. The van der Waals surface area contributed by atoms with Crippen LogP contribution in [0.5, 0.6) is 11.5 Å². The van der Waals surface area contributed by atoms with Crippen molar-refractivity contribution >= 4 is 17.5 Å².